The largest absolute Gasteiger partial charge is 0.353 e. The van der Waals surface area contributed by atoms with Crippen LogP contribution in [0, 0.1) is 0 Å². The number of amides is 1. The molecule has 0 heterocycles. The first kappa shape index (κ1) is 13.9. The summed E-state index contributed by atoms with van der Waals surface area (Å²) in [5, 5.41) is 4.02. The molecule has 1 N–H and O–H groups in total. The van der Waals surface area contributed by atoms with Gasteiger partial charge in [0.1, 0.15) is 0 Å². The number of carbonyl (C=O) groups is 1. The fourth-order valence-corrected chi connectivity index (χ4v) is 4.00. The van der Waals surface area contributed by atoms with E-state index in [1.54, 1.807) is 0 Å². The lowest BCUT2D eigenvalue weighted by Gasteiger charge is -2.30. The molecule has 2 nitrogen and oxygen atoms in total. The molecule has 108 valence electrons. The summed E-state index contributed by atoms with van der Waals surface area (Å²) in [6.45, 7) is 0. The summed E-state index contributed by atoms with van der Waals surface area (Å²) in [5.74, 6) is 0.226. The second kappa shape index (κ2) is 5.77. The molecular formula is C17H22ClNO. The van der Waals surface area contributed by atoms with Gasteiger partial charge in [-0.3, -0.25) is 4.79 Å². The molecule has 1 amide bonds. The molecule has 3 rings (SSSR count). The van der Waals surface area contributed by atoms with Gasteiger partial charge in [0.05, 0.1) is 5.41 Å². The lowest BCUT2D eigenvalue weighted by Crippen LogP contribution is -2.46. The third kappa shape index (κ3) is 2.58. The Bertz CT molecular complexity index is 488. The standard InChI is InChI=1S/C17H22ClNO/c18-14-7-5-6-13(12-14)17(10-3-4-11-17)16(20)19-15-8-1-2-9-15/h5-7,12,15H,1-4,8-11H2,(H,19,20). The topological polar surface area (TPSA) is 29.1 Å². The van der Waals surface area contributed by atoms with Crippen molar-refractivity contribution in [2.24, 2.45) is 0 Å². The molecule has 0 saturated heterocycles. The van der Waals surface area contributed by atoms with Crippen LogP contribution in [0.15, 0.2) is 24.3 Å². The summed E-state index contributed by atoms with van der Waals surface area (Å²) in [6, 6.07) is 8.26. The fraction of sp³-hybridized carbons (Fsp3) is 0.588. The molecule has 0 unspecified atom stereocenters. The van der Waals surface area contributed by atoms with Gasteiger partial charge in [0.25, 0.3) is 0 Å². The summed E-state index contributed by atoms with van der Waals surface area (Å²) in [7, 11) is 0. The van der Waals surface area contributed by atoms with E-state index >= 15 is 0 Å². The van der Waals surface area contributed by atoms with E-state index in [4.69, 9.17) is 11.6 Å². The molecule has 1 aromatic rings. The summed E-state index contributed by atoms with van der Waals surface area (Å²) >= 11 is 6.13. The SMILES string of the molecule is O=C(NC1CCCC1)C1(c2cccc(Cl)c2)CCCC1. The minimum atomic E-state index is -0.340. The molecule has 2 fully saturated rings. The van der Waals surface area contributed by atoms with Gasteiger partial charge >= 0.3 is 0 Å². The van der Waals surface area contributed by atoms with Crippen molar-refractivity contribution in [1.29, 1.82) is 0 Å². The minimum absolute atomic E-state index is 0.226. The van der Waals surface area contributed by atoms with Gasteiger partial charge in [-0.1, -0.05) is 49.4 Å². The van der Waals surface area contributed by atoms with Crippen LogP contribution in [-0.4, -0.2) is 11.9 Å². The highest BCUT2D eigenvalue weighted by molar-refractivity contribution is 6.30. The van der Waals surface area contributed by atoms with Gasteiger partial charge in [-0.2, -0.15) is 0 Å². The Labute approximate surface area is 125 Å². The number of hydrogen-bond donors (Lipinski definition) is 1. The minimum Gasteiger partial charge on any atom is -0.353 e. The average molecular weight is 292 g/mol. The Morgan fingerprint density at radius 2 is 1.85 bits per heavy atom. The van der Waals surface area contributed by atoms with Gasteiger partial charge in [0.15, 0.2) is 0 Å². The Hall–Kier alpha value is -1.02. The van der Waals surface area contributed by atoms with Crippen molar-refractivity contribution in [1.82, 2.24) is 5.32 Å². The predicted octanol–water partition coefficient (Wildman–Crippen LogP) is 4.21. The van der Waals surface area contributed by atoms with E-state index in [0.717, 1.165) is 49.1 Å². The van der Waals surface area contributed by atoms with Crippen LogP contribution < -0.4 is 5.32 Å². The van der Waals surface area contributed by atoms with Gasteiger partial charge in [-0.25, -0.2) is 0 Å². The van der Waals surface area contributed by atoms with Crippen LogP contribution >= 0.6 is 11.6 Å². The quantitative estimate of drug-likeness (QED) is 0.888. The highest BCUT2D eigenvalue weighted by atomic mass is 35.5. The monoisotopic (exact) mass is 291 g/mol. The zero-order chi connectivity index (χ0) is 14.0. The van der Waals surface area contributed by atoms with Gasteiger partial charge in [-0.05, 0) is 43.4 Å². The first-order valence-corrected chi connectivity index (χ1v) is 8.15. The number of nitrogens with one attached hydrogen (secondary N) is 1. The van der Waals surface area contributed by atoms with Gasteiger partial charge in [0.2, 0.25) is 5.91 Å². The molecule has 0 radical (unpaired) electrons. The van der Waals surface area contributed by atoms with Crippen LogP contribution in [0.25, 0.3) is 0 Å². The molecule has 1 aromatic carbocycles. The van der Waals surface area contributed by atoms with E-state index < -0.39 is 0 Å². The van der Waals surface area contributed by atoms with Crippen molar-refractivity contribution >= 4 is 17.5 Å². The maximum atomic E-state index is 12.9. The average Bonchev–Trinajstić information content (AvgIpc) is 3.10. The zero-order valence-corrected chi connectivity index (χ0v) is 12.6. The normalized spacial score (nSPS) is 22.1. The lowest BCUT2D eigenvalue weighted by molar-refractivity contribution is -0.127. The smallest absolute Gasteiger partial charge is 0.230 e. The molecule has 0 bridgehead atoms. The molecule has 0 spiro atoms. The second-order valence-corrected chi connectivity index (χ2v) is 6.69. The fourth-order valence-electron chi connectivity index (χ4n) is 3.81. The van der Waals surface area contributed by atoms with Crippen molar-refractivity contribution < 1.29 is 4.79 Å². The van der Waals surface area contributed by atoms with E-state index in [1.807, 2.05) is 18.2 Å². The number of carbonyl (C=O) groups excluding carboxylic acids is 1. The van der Waals surface area contributed by atoms with Crippen LogP contribution in [0.3, 0.4) is 0 Å². The molecule has 20 heavy (non-hydrogen) atoms. The second-order valence-electron chi connectivity index (χ2n) is 6.25. The molecule has 2 aliphatic carbocycles. The Kier molecular flexibility index (Phi) is 4.02. The van der Waals surface area contributed by atoms with Gasteiger partial charge < -0.3 is 5.32 Å². The summed E-state index contributed by atoms with van der Waals surface area (Å²) in [5.41, 5.74) is 0.756. The number of hydrogen-bond acceptors (Lipinski definition) is 1. The molecule has 0 aliphatic heterocycles. The summed E-state index contributed by atoms with van der Waals surface area (Å²) < 4.78 is 0. The number of benzene rings is 1. The molecular weight excluding hydrogens is 270 g/mol. The summed E-state index contributed by atoms with van der Waals surface area (Å²) in [4.78, 5) is 12.9. The van der Waals surface area contributed by atoms with Crippen LogP contribution in [0.5, 0.6) is 0 Å². The van der Waals surface area contributed by atoms with E-state index in [2.05, 4.69) is 11.4 Å². The molecule has 3 heteroatoms. The van der Waals surface area contributed by atoms with Crippen LogP contribution in [-0.2, 0) is 10.2 Å². The van der Waals surface area contributed by atoms with Gasteiger partial charge in [-0.15, -0.1) is 0 Å². The first-order valence-electron chi connectivity index (χ1n) is 7.78. The van der Waals surface area contributed by atoms with E-state index in [0.29, 0.717) is 6.04 Å². The Balaban J connectivity index is 1.85. The molecule has 0 atom stereocenters. The Morgan fingerprint density at radius 1 is 1.15 bits per heavy atom. The lowest BCUT2D eigenvalue weighted by atomic mass is 9.78. The maximum absolute atomic E-state index is 12.9. The van der Waals surface area contributed by atoms with Crippen molar-refractivity contribution in [3.8, 4) is 0 Å². The first-order chi connectivity index (χ1) is 9.71. The highest BCUT2D eigenvalue weighted by Gasteiger charge is 2.43. The zero-order valence-electron chi connectivity index (χ0n) is 11.8. The van der Waals surface area contributed by atoms with E-state index in [1.165, 1.54) is 12.8 Å². The molecule has 2 aliphatic rings. The van der Waals surface area contributed by atoms with Gasteiger partial charge in [0, 0.05) is 11.1 Å². The van der Waals surface area contributed by atoms with Crippen molar-refractivity contribution in [2.75, 3.05) is 0 Å². The number of halogens is 1. The molecule has 0 aromatic heterocycles. The third-order valence-electron chi connectivity index (χ3n) is 4.96. The highest BCUT2D eigenvalue weighted by Crippen LogP contribution is 2.42. The van der Waals surface area contributed by atoms with E-state index in [-0.39, 0.29) is 11.3 Å². The summed E-state index contributed by atoms with van der Waals surface area (Å²) in [6.07, 6.45) is 8.92. The van der Waals surface area contributed by atoms with Crippen molar-refractivity contribution in [3.05, 3.63) is 34.9 Å². The van der Waals surface area contributed by atoms with E-state index in [9.17, 15) is 4.79 Å². The molecule has 2 saturated carbocycles. The van der Waals surface area contributed by atoms with Crippen molar-refractivity contribution in [3.63, 3.8) is 0 Å². The van der Waals surface area contributed by atoms with Crippen molar-refractivity contribution in [2.45, 2.75) is 62.8 Å². The maximum Gasteiger partial charge on any atom is 0.230 e. The van der Waals surface area contributed by atoms with Crippen LogP contribution in [0.1, 0.15) is 56.9 Å². The van der Waals surface area contributed by atoms with Crippen LogP contribution in [0.2, 0.25) is 5.02 Å². The number of rotatable bonds is 3. The Morgan fingerprint density at radius 3 is 2.50 bits per heavy atom. The third-order valence-corrected chi connectivity index (χ3v) is 5.19. The predicted molar refractivity (Wildman–Crippen MR) is 82.0 cm³/mol. The van der Waals surface area contributed by atoms with Crippen LogP contribution in [0.4, 0.5) is 0 Å².